The van der Waals surface area contributed by atoms with Crippen LogP contribution in [0.4, 0.5) is 0 Å². The highest BCUT2D eigenvalue weighted by molar-refractivity contribution is 8.00. The van der Waals surface area contributed by atoms with Crippen molar-refractivity contribution in [2.24, 2.45) is 9.39 Å². The summed E-state index contributed by atoms with van der Waals surface area (Å²) in [7, 11) is 0. The highest BCUT2D eigenvalue weighted by Gasteiger charge is 1.60. The van der Waals surface area contributed by atoms with Gasteiger partial charge in [-0.1, -0.05) is 6.58 Å². The van der Waals surface area contributed by atoms with Gasteiger partial charge in [-0.15, -0.1) is 0 Å². The third kappa shape index (κ3) is 5.43. The van der Waals surface area contributed by atoms with Crippen LogP contribution in [0, 0.1) is 0 Å². The molecule has 0 aliphatic carbocycles. The van der Waals surface area contributed by atoms with E-state index in [4.69, 9.17) is 0 Å². The quantitative estimate of drug-likeness (QED) is 0.310. The van der Waals surface area contributed by atoms with Gasteiger partial charge in [-0.3, -0.25) is 4.99 Å². The van der Waals surface area contributed by atoms with Gasteiger partial charge < -0.3 is 0 Å². The minimum Gasteiger partial charge on any atom is -0.252 e. The smallest absolute Gasteiger partial charge is 0.123 e. The molecule has 3 heteroatoms. The first-order valence-electron chi connectivity index (χ1n) is 1.66. The van der Waals surface area contributed by atoms with Crippen LogP contribution in [0.5, 0.6) is 0 Å². The molecule has 0 radical (unpaired) electrons. The van der Waals surface area contributed by atoms with E-state index in [0.717, 1.165) is 0 Å². The molecule has 0 fully saturated rings. The summed E-state index contributed by atoms with van der Waals surface area (Å²) in [5, 5.41) is 1.61. The second kappa shape index (κ2) is 5.43. The van der Waals surface area contributed by atoms with E-state index in [2.05, 4.69) is 22.7 Å². The molecule has 0 aliphatic heterocycles. The van der Waals surface area contributed by atoms with Crippen LogP contribution in [0.1, 0.15) is 0 Å². The van der Waals surface area contributed by atoms with Crippen LogP contribution in [-0.2, 0) is 0 Å². The van der Waals surface area contributed by atoms with Crippen LogP contribution in [0.15, 0.2) is 21.4 Å². The number of hydrogen-bond donors (Lipinski definition) is 0. The van der Waals surface area contributed by atoms with Gasteiger partial charge in [-0.2, -0.15) is 0 Å². The zero-order valence-electron chi connectivity index (χ0n) is 3.87. The molecule has 0 atom stereocenters. The Morgan fingerprint density at radius 1 is 1.57 bits per heavy atom. The molecule has 38 valence electrons. The Morgan fingerprint density at radius 3 is 2.71 bits per heavy atom. The van der Waals surface area contributed by atoms with E-state index in [9.17, 15) is 0 Å². The summed E-state index contributed by atoms with van der Waals surface area (Å²) in [4.78, 5) is 3.36. The molecular weight excluding hydrogens is 108 g/mol. The van der Waals surface area contributed by atoms with Gasteiger partial charge in [0.2, 0.25) is 0 Å². The van der Waals surface area contributed by atoms with Gasteiger partial charge in [0.05, 0.1) is 0 Å². The van der Waals surface area contributed by atoms with E-state index in [0.29, 0.717) is 0 Å². The van der Waals surface area contributed by atoms with Crippen molar-refractivity contribution in [1.82, 2.24) is 0 Å². The predicted molar refractivity (Wildman–Crippen MR) is 35.8 cm³/mol. The summed E-state index contributed by atoms with van der Waals surface area (Å²) >= 11 is 1.23. The maximum atomic E-state index is 3.65. The number of nitrogens with zero attached hydrogens (tertiary/aromatic N) is 2. The van der Waals surface area contributed by atoms with Crippen molar-refractivity contribution >= 4 is 25.0 Å². The summed E-state index contributed by atoms with van der Waals surface area (Å²) < 4.78 is 3.65. The topological polar surface area (TPSA) is 24.7 Å². The van der Waals surface area contributed by atoms with Gasteiger partial charge in [-0.05, 0) is 12.1 Å². The van der Waals surface area contributed by atoms with Gasteiger partial charge in [0.25, 0.3) is 0 Å². The summed E-state index contributed by atoms with van der Waals surface area (Å²) in [5.74, 6) is 0. The fourth-order valence-electron chi connectivity index (χ4n) is 0.104. The summed E-state index contributed by atoms with van der Waals surface area (Å²) in [5.41, 5.74) is 0. The van der Waals surface area contributed by atoms with Crippen molar-refractivity contribution in [3.8, 4) is 0 Å². The molecular formula is C4H6N2S. The third-order valence-corrected chi connectivity index (χ3v) is 0.629. The Labute approximate surface area is 47.2 Å². The molecule has 0 spiro atoms. The average molecular weight is 114 g/mol. The van der Waals surface area contributed by atoms with Crippen molar-refractivity contribution in [3.05, 3.63) is 12.0 Å². The van der Waals surface area contributed by atoms with Crippen LogP contribution < -0.4 is 0 Å². The van der Waals surface area contributed by atoms with Gasteiger partial charge in [0.1, 0.15) is 6.34 Å². The molecule has 7 heavy (non-hydrogen) atoms. The Hall–Kier alpha value is -0.570. The molecule has 0 saturated heterocycles. The van der Waals surface area contributed by atoms with E-state index >= 15 is 0 Å². The standard InChI is InChI=1S/C4H6N2S/c1-3-7-6-4-5-2/h3-4H,1-2H2/b6-4-. The SMILES string of the molecule is C=CS/N=C\N=C. The molecule has 0 unspecified atom stereocenters. The minimum atomic E-state index is 1.23. The Morgan fingerprint density at radius 2 is 2.29 bits per heavy atom. The lowest BCUT2D eigenvalue weighted by Gasteiger charge is -1.71. The number of rotatable bonds is 3. The van der Waals surface area contributed by atoms with Crippen LogP contribution in [0.2, 0.25) is 0 Å². The van der Waals surface area contributed by atoms with Crippen LogP contribution >= 0.6 is 11.9 Å². The molecule has 0 heterocycles. The van der Waals surface area contributed by atoms with Gasteiger partial charge in [0.15, 0.2) is 0 Å². The minimum absolute atomic E-state index is 1.23. The van der Waals surface area contributed by atoms with E-state index in [1.165, 1.54) is 18.3 Å². The molecule has 0 rings (SSSR count). The van der Waals surface area contributed by atoms with Crippen molar-refractivity contribution in [3.63, 3.8) is 0 Å². The van der Waals surface area contributed by atoms with Crippen LogP contribution in [-0.4, -0.2) is 13.1 Å². The maximum absolute atomic E-state index is 3.65. The molecule has 0 aromatic rings. The van der Waals surface area contributed by atoms with E-state index in [1.807, 2.05) is 0 Å². The summed E-state index contributed by atoms with van der Waals surface area (Å²) in [6.45, 7) is 6.61. The fraction of sp³-hybridized carbons (Fsp3) is 0. The first-order chi connectivity index (χ1) is 3.41. The Kier molecular flexibility index (Phi) is 4.99. The van der Waals surface area contributed by atoms with E-state index in [-0.39, 0.29) is 0 Å². The van der Waals surface area contributed by atoms with Gasteiger partial charge in [-0.25, -0.2) is 4.40 Å². The van der Waals surface area contributed by atoms with Gasteiger partial charge in [0, 0.05) is 11.9 Å². The average Bonchev–Trinajstić information content (AvgIpc) is 1.69. The zero-order valence-corrected chi connectivity index (χ0v) is 4.69. The Bertz CT molecular complexity index is 87.7. The van der Waals surface area contributed by atoms with Gasteiger partial charge >= 0.3 is 0 Å². The highest BCUT2D eigenvalue weighted by Crippen LogP contribution is 1.97. The highest BCUT2D eigenvalue weighted by atomic mass is 32.2. The number of hydrogen-bond acceptors (Lipinski definition) is 2. The molecule has 0 aromatic heterocycles. The monoisotopic (exact) mass is 114 g/mol. The maximum Gasteiger partial charge on any atom is 0.123 e. The second-order valence-electron chi connectivity index (χ2n) is 0.676. The van der Waals surface area contributed by atoms with Crippen LogP contribution in [0.25, 0.3) is 0 Å². The lowest BCUT2D eigenvalue weighted by Crippen LogP contribution is -1.53. The first-order valence-corrected chi connectivity index (χ1v) is 2.50. The Balaban J connectivity index is 3.08. The molecule has 0 bridgehead atoms. The second-order valence-corrected chi connectivity index (χ2v) is 1.43. The van der Waals surface area contributed by atoms with Crippen molar-refractivity contribution < 1.29 is 0 Å². The van der Waals surface area contributed by atoms with Crippen LogP contribution in [0.3, 0.4) is 0 Å². The van der Waals surface area contributed by atoms with Crippen molar-refractivity contribution in [2.75, 3.05) is 0 Å². The predicted octanol–water partition coefficient (Wildman–Crippen LogP) is 1.51. The molecule has 2 nitrogen and oxygen atoms in total. The molecule has 0 amide bonds. The normalized spacial score (nSPS) is 9.14. The molecule has 0 aromatic carbocycles. The van der Waals surface area contributed by atoms with Crippen molar-refractivity contribution in [2.45, 2.75) is 0 Å². The first kappa shape index (κ1) is 6.43. The molecule has 0 saturated carbocycles. The molecule has 0 aliphatic rings. The third-order valence-electron chi connectivity index (χ3n) is 0.264. The number of aliphatic imine (C=N–C) groups is 1. The van der Waals surface area contributed by atoms with E-state index in [1.54, 1.807) is 5.41 Å². The zero-order chi connectivity index (χ0) is 5.54. The largest absolute Gasteiger partial charge is 0.252 e. The molecule has 0 N–H and O–H groups in total. The lowest BCUT2D eigenvalue weighted by atomic mass is 11.3. The van der Waals surface area contributed by atoms with Crippen molar-refractivity contribution in [1.29, 1.82) is 0 Å². The van der Waals surface area contributed by atoms with E-state index < -0.39 is 0 Å². The fourth-order valence-corrected chi connectivity index (χ4v) is 0.311. The summed E-state index contributed by atoms with van der Waals surface area (Å²) in [6.07, 6.45) is 1.37. The lowest BCUT2D eigenvalue weighted by molar-refractivity contribution is 1.79. The summed E-state index contributed by atoms with van der Waals surface area (Å²) in [6, 6.07) is 0.